The lowest BCUT2D eigenvalue weighted by atomic mass is 9.48. The molecule has 0 amide bonds. The van der Waals surface area contributed by atoms with Gasteiger partial charge in [0.2, 0.25) is 0 Å². The Hall–Kier alpha value is -1.22. The predicted octanol–water partition coefficient (Wildman–Crippen LogP) is 4.88. The van der Waals surface area contributed by atoms with Crippen molar-refractivity contribution in [2.45, 2.75) is 123 Å². The molecular formula is C25H46N2O6. The SMILES string of the molecule is CCCC(C1CC(C)(C)N(O)C(C)(C)C1)(C1CC(C)(C)N(O)C(C)(C)C1)C(C(=O)O)C(=O)O. The molecule has 2 rings (SSSR count). The summed E-state index contributed by atoms with van der Waals surface area (Å²) in [7, 11) is 0. The highest BCUT2D eigenvalue weighted by molar-refractivity contribution is 5.94. The number of rotatable bonds is 7. The van der Waals surface area contributed by atoms with Crippen LogP contribution in [-0.2, 0) is 9.59 Å². The highest BCUT2D eigenvalue weighted by Crippen LogP contribution is 2.60. The van der Waals surface area contributed by atoms with Gasteiger partial charge in [0.1, 0.15) is 0 Å². The van der Waals surface area contributed by atoms with Gasteiger partial charge in [-0.05, 0) is 99.3 Å². The van der Waals surface area contributed by atoms with Gasteiger partial charge in [0.15, 0.2) is 5.92 Å². The Kier molecular flexibility index (Phi) is 7.45. The summed E-state index contributed by atoms with van der Waals surface area (Å²) < 4.78 is 0. The first-order valence-electron chi connectivity index (χ1n) is 12.2. The fourth-order valence-electron chi connectivity index (χ4n) is 7.66. The Morgan fingerprint density at radius 2 is 1.03 bits per heavy atom. The Labute approximate surface area is 198 Å². The molecule has 0 aromatic rings. The third-order valence-corrected chi connectivity index (χ3v) is 8.51. The van der Waals surface area contributed by atoms with Crippen LogP contribution in [0.5, 0.6) is 0 Å². The van der Waals surface area contributed by atoms with Crippen molar-refractivity contribution < 1.29 is 30.2 Å². The number of carbonyl (C=O) groups is 2. The zero-order valence-electron chi connectivity index (χ0n) is 22.0. The number of carboxylic acids is 2. The van der Waals surface area contributed by atoms with Crippen LogP contribution in [0.3, 0.4) is 0 Å². The number of nitrogens with zero attached hydrogens (tertiary/aromatic N) is 2. The smallest absolute Gasteiger partial charge is 0.318 e. The fourth-order valence-corrected chi connectivity index (χ4v) is 7.66. The standard InChI is InChI=1S/C25H46N2O6/c1-10-11-25(18(19(28)29)20(30)31,16-12-21(2,3)26(32)22(4,5)13-16)17-14-23(6,7)27(33)24(8,9)15-17/h16-18,32-33H,10-15H2,1-9H3,(H,28,29)(H,30,31). The fraction of sp³-hybridized carbons (Fsp3) is 0.920. The van der Waals surface area contributed by atoms with E-state index < -0.39 is 45.4 Å². The molecule has 0 aromatic carbocycles. The molecule has 0 aromatic heterocycles. The van der Waals surface area contributed by atoms with Gasteiger partial charge in [0.05, 0.1) is 0 Å². The minimum atomic E-state index is -1.57. The summed E-state index contributed by atoms with van der Waals surface area (Å²) in [5, 5.41) is 45.1. The van der Waals surface area contributed by atoms with Gasteiger partial charge in [-0.1, -0.05) is 13.3 Å². The maximum absolute atomic E-state index is 12.6. The van der Waals surface area contributed by atoms with E-state index in [1.807, 2.05) is 62.3 Å². The molecule has 0 unspecified atom stereocenters. The lowest BCUT2D eigenvalue weighted by molar-refractivity contribution is -0.281. The van der Waals surface area contributed by atoms with E-state index in [9.17, 15) is 30.2 Å². The van der Waals surface area contributed by atoms with Crippen LogP contribution in [0.4, 0.5) is 0 Å². The van der Waals surface area contributed by atoms with Crippen LogP contribution in [-0.4, -0.2) is 64.8 Å². The van der Waals surface area contributed by atoms with Crippen molar-refractivity contribution in [1.29, 1.82) is 0 Å². The van der Waals surface area contributed by atoms with E-state index >= 15 is 0 Å². The van der Waals surface area contributed by atoms with Crippen molar-refractivity contribution >= 4 is 11.9 Å². The molecule has 2 saturated heterocycles. The summed E-state index contributed by atoms with van der Waals surface area (Å²) in [4.78, 5) is 25.2. The second-order valence-corrected chi connectivity index (χ2v) is 13.1. The summed E-state index contributed by atoms with van der Waals surface area (Å²) in [5.41, 5.74) is -3.60. The molecule has 2 aliphatic rings. The molecule has 0 spiro atoms. The van der Waals surface area contributed by atoms with E-state index in [-0.39, 0.29) is 11.8 Å². The van der Waals surface area contributed by atoms with Crippen LogP contribution in [0.1, 0.15) is 101 Å². The molecule has 0 bridgehead atoms. The molecule has 4 N–H and O–H groups in total. The van der Waals surface area contributed by atoms with E-state index in [0.29, 0.717) is 38.5 Å². The first kappa shape index (κ1) is 28.0. The molecule has 8 nitrogen and oxygen atoms in total. The molecule has 0 radical (unpaired) electrons. The van der Waals surface area contributed by atoms with E-state index in [1.54, 1.807) is 0 Å². The Balaban J connectivity index is 2.81. The first-order chi connectivity index (χ1) is 14.8. The first-order valence-corrected chi connectivity index (χ1v) is 12.2. The maximum atomic E-state index is 12.6. The van der Waals surface area contributed by atoms with Gasteiger partial charge in [-0.2, -0.15) is 10.1 Å². The van der Waals surface area contributed by atoms with Crippen molar-refractivity contribution in [3.63, 3.8) is 0 Å². The molecule has 33 heavy (non-hydrogen) atoms. The molecule has 0 saturated carbocycles. The van der Waals surface area contributed by atoms with Gasteiger partial charge in [0, 0.05) is 27.6 Å². The molecule has 2 fully saturated rings. The summed E-state index contributed by atoms with van der Waals surface area (Å²) in [6.07, 6.45) is 3.07. The van der Waals surface area contributed by atoms with Crippen molar-refractivity contribution in [3.05, 3.63) is 0 Å². The summed E-state index contributed by atoms with van der Waals surface area (Å²) in [6.45, 7) is 17.4. The van der Waals surface area contributed by atoms with Crippen molar-refractivity contribution in [3.8, 4) is 0 Å². The van der Waals surface area contributed by atoms with Crippen LogP contribution in [0.25, 0.3) is 0 Å². The van der Waals surface area contributed by atoms with Crippen LogP contribution in [0, 0.1) is 23.2 Å². The second-order valence-electron chi connectivity index (χ2n) is 13.1. The monoisotopic (exact) mass is 470 g/mol. The van der Waals surface area contributed by atoms with Crippen molar-refractivity contribution in [1.82, 2.24) is 10.1 Å². The molecular weight excluding hydrogens is 424 g/mol. The van der Waals surface area contributed by atoms with Crippen molar-refractivity contribution in [2.75, 3.05) is 0 Å². The van der Waals surface area contributed by atoms with Gasteiger partial charge in [-0.25, -0.2) is 0 Å². The van der Waals surface area contributed by atoms with E-state index in [0.717, 1.165) is 0 Å². The second kappa shape index (κ2) is 8.77. The summed E-state index contributed by atoms with van der Waals surface area (Å²) >= 11 is 0. The minimum absolute atomic E-state index is 0.232. The highest BCUT2D eigenvalue weighted by atomic mass is 16.5. The van der Waals surface area contributed by atoms with E-state index in [2.05, 4.69) is 0 Å². The van der Waals surface area contributed by atoms with E-state index in [4.69, 9.17) is 0 Å². The zero-order valence-corrected chi connectivity index (χ0v) is 22.0. The maximum Gasteiger partial charge on any atom is 0.318 e. The number of carboxylic acid groups (broad SMARTS) is 2. The molecule has 2 aliphatic heterocycles. The lowest BCUT2D eigenvalue weighted by Crippen LogP contribution is -2.67. The molecule has 0 atom stereocenters. The Morgan fingerprint density at radius 1 is 0.758 bits per heavy atom. The Bertz CT molecular complexity index is 668. The van der Waals surface area contributed by atoms with Crippen molar-refractivity contribution in [2.24, 2.45) is 23.2 Å². The molecule has 192 valence electrons. The lowest BCUT2D eigenvalue weighted by Gasteiger charge is -2.62. The van der Waals surface area contributed by atoms with Crippen LogP contribution in [0.15, 0.2) is 0 Å². The number of hydrogen-bond donors (Lipinski definition) is 4. The largest absolute Gasteiger partial charge is 0.481 e. The number of hydroxylamine groups is 4. The number of hydrogen-bond acceptors (Lipinski definition) is 6. The Morgan fingerprint density at radius 3 is 1.24 bits per heavy atom. The number of piperidine rings is 2. The van der Waals surface area contributed by atoms with Crippen LogP contribution < -0.4 is 0 Å². The molecule has 8 heteroatoms. The summed E-state index contributed by atoms with van der Waals surface area (Å²) in [6, 6.07) is 0. The predicted molar refractivity (Wildman–Crippen MR) is 125 cm³/mol. The highest BCUT2D eigenvalue weighted by Gasteiger charge is 2.63. The van der Waals surface area contributed by atoms with Gasteiger partial charge in [-0.3, -0.25) is 9.59 Å². The van der Waals surface area contributed by atoms with E-state index in [1.165, 1.54) is 10.1 Å². The average molecular weight is 471 g/mol. The third-order valence-electron chi connectivity index (χ3n) is 8.51. The quantitative estimate of drug-likeness (QED) is 0.389. The van der Waals surface area contributed by atoms with Gasteiger partial charge < -0.3 is 20.6 Å². The van der Waals surface area contributed by atoms with Gasteiger partial charge in [0.25, 0.3) is 0 Å². The average Bonchev–Trinajstić information content (AvgIpc) is 2.61. The van der Waals surface area contributed by atoms with Gasteiger partial charge >= 0.3 is 11.9 Å². The summed E-state index contributed by atoms with van der Waals surface area (Å²) in [5.74, 6) is -4.64. The molecule has 0 aliphatic carbocycles. The number of aliphatic carboxylic acids is 2. The van der Waals surface area contributed by atoms with Gasteiger partial charge in [-0.15, -0.1) is 0 Å². The normalized spacial score (nSPS) is 26.4. The van der Waals surface area contributed by atoms with Crippen LogP contribution >= 0.6 is 0 Å². The zero-order chi connectivity index (χ0) is 25.8. The topological polar surface area (TPSA) is 122 Å². The van der Waals surface area contributed by atoms with Crippen LogP contribution in [0.2, 0.25) is 0 Å². The third kappa shape index (κ3) is 4.81. The molecule has 2 heterocycles. The minimum Gasteiger partial charge on any atom is -0.481 e.